The largest absolute Gasteiger partial charge is 0.388 e. The zero-order valence-corrected chi connectivity index (χ0v) is 10.2. The van der Waals surface area contributed by atoms with Crippen LogP contribution in [0.3, 0.4) is 0 Å². The monoisotopic (exact) mass is 246 g/mol. The third kappa shape index (κ3) is 16.6. The third-order valence-electron chi connectivity index (χ3n) is 1.81. The van der Waals surface area contributed by atoms with Crippen LogP contribution < -0.4 is 0 Å². The summed E-state index contributed by atoms with van der Waals surface area (Å²) in [6, 6.07) is 0. The Morgan fingerprint density at radius 3 is 1.87 bits per heavy atom. The molecule has 0 aromatic heterocycles. The number of hydrogen-bond donors (Lipinski definition) is 0. The molecule has 0 saturated carbocycles. The molecule has 5 heteroatoms. The molecule has 1 fully saturated rings. The molecule has 0 aliphatic carbocycles. The normalized spacial score (nSPS) is 20.4. The molecule has 1 unspecified atom stereocenters. The van der Waals surface area contributed by atoms with Crippen molar-refractivity contribution >= 4 is 10.2 Å². The fraction of sp³-hybridized carbons (Fsp3) is 1.00. The summed E-state index contributed by atoms with van der Waals surface area (Å²) in [5, 5.41) is 0. The van der Waals surface area contributed by atoms with Crippen molar-refractivity contribution in [3.63, 3.8) is 0 Å². The molecule has 0 aromatic rings. The molecule has 1 rings (SSSR count). The maximum absolute atomic E-state index is 10.8. The molecule has 0 amide bonds. The lowest BCUT2D eigenvalue weighted by Crippen LogP contribution is -2.18. The van der Waals surface area contributed by atoms with Crippen molar-refractivity contribution in [3.8, 4) is 0 Å². The SMILES string of the molecule is C.C.CCC(F)(F)F.[SiH3]C1CCCCO1. The second kappa shape index (κ2) is 10.5. The number of ether oxygens (including phenoxy) is 1. The smallest absolute Gasteiger partial charge is 0.383 e. The van der Waals surface area contributed by atoms with Crippen molar-refractivity contribution in [1.82, 2.24) is 0 Å². The minimum atomic E-state index is -3.96. The Morgan fingerprint density at radius 1 is 1.27 bits per heavy atom. The summed E-state index contributed by atoms with van der Waals surface area (Å²) in [6.45, 7) is 2.11. The van der Waals surface area contributed by atoms with Crippen LogP contribution in [0.1, 0.15) is 47.5 Å². The van der Waals surface area contributed by atoms with Crippen LogP contribution in [0.4, 0.5) is 13.2 Å². The highest BCUT2D eigenvalue weighted by atomic mass is 28.1. The Balaban J connectivity index is -0.000000172. The molecule has 15 heavy (non-hydrogen) atoms. The second-order valence-electron chi connectivity index (χ2n) is 3.15. The Kier molecular flexibility index (Phi) is 14.2. The molecule has 1 saturated heterocycles. The van der Waals surface area contributed by atoms with E-state index >= 15 is 0 Å². The van der Waals surface area contributed by atoms with Crippen molar-refractivity contribution in [2.24, 2.45) is 0 Å². The predicted octanol–water partition coefficient (Wildman–Crippen LogP) is 3.11. The number of alkyl halides is 3. The van der Waals surface area contributed by atoms with Crippen molar-refractivity contribution in [3.05, 3.63) is 0 Å². The van der Waals surface area contributed by atoms with Crippen LogP contribution in [0.25, 0.3) is 0 Å². The van der Waals surface area contributed by atoms with E-state index in [9.17, 15) is 13.2 Å². The van der Waals surface area contributed by atoms with Crippen LogP contribution in [-0.4, -0.2) is 28.8 Å². The quantitative estimate of drug-likeness (QED) is 0.597. The molecule has 1 atom stereocenters. The van der Waals surface area contributed by atoms with E-state index in [0.29, 0.717) is 5.73 Å². The van der Waals surface area contributed by atoms with Gasteiger partial charge in [0.15, 0.2) is 0 Å². The molecule has 0 spiro atoms. The number of hydrogen-bond acceptors (Lipinski definition) is 1. The van der Waals surface area contributed by atoms with Crippen LogP contribution in [0.2, 0.25) is 0 Å². The van der Waals surface area contributed by atoms with Gasteiger partial charge in [0.1, 0.15) is 0 Å². The fourth-order valence-electron chi connectivity index (χ4n) is 0.902. The van der Waals surface area contributed by atoms with Gasteiger partial charge in [-0.05, 0) is 19.3 Å². The van der Waals surface area contributed by atoms with Crippen molar-refractivity contribution in [2.75, 3.05) is 6.61 Å². The molecule has 1 aliphatic rings. The van der Waals surface area contributed by atoms with Crippen LogP contribution in [0, 0.1) is 0 Å². The second-order valence-corrected chi connectivity index (χ2v) is 4.43. The molecule has 96 valence electrons. The third-order valence-corrected chi connectivity index (χ3v) is 2.72. The van der Waals surface area contributed by atoms with E-state index in [2.05, 4.69) is 0 Å². The molecule has 0 aromatic carbocycles. The fourth-order valence-corrected chi connectivity index (χ4v) is 1.55. The molecule has 1 aliphatic heterocycles. The lowest BCUT2D eigenvalue weighted by Gasteiger charge is -2.17. The topological polar surface area (TPSA) is 9.23 Å². The lowest BCUT2D eigenvalue weighted by atomic mass is 10.2. The highest BCUT2D eigenvalue weighted by molar-refractivity contribution is 6.10. The van der Waals surface area contributed by atoms with Crippen molar-refractivity contribution in [1.29, 1.82) is 0 Å². The van der Waals surface area contributed by atoms with Crippen molar-refractivity contribution < 1.29 is 17.9 Å². The molecule has 1 nitrogen and oxygen atoms in total. The van der Waals surface area contributed by atoms with Gasteiger partial charge < -0.3 is 4.74 Å². The van der Waals surface area contributed by atoms with Crippen LogP contribution in [0.5, 0.6) is 0 Å². The molecule has 1 heterocycles. The zero-order chi connectivity index (χ0) is 10.3. The van der Waals surface area contributed by atoms with Gasteiger partial charge in [-0.2, -0.15) is 13.2 Å². The summed E-state index contributed by atoms with van der Waals surface area (Å²) < 4.78 is 37.7. The molecular formula is C10H25F3OSi. The first kappa shape index (κ1) is 20.4. The molecule has 0 bridgehead atoms. The maximum Gasteiger partial charge on any atom is 0.388 e. The summed E-state index contributed by atoms with van der Waals surface area (Å²) in [7, 11) is 1.23. The van der Waals surface area contributed by atoms with E-state index in [4.69, 9.17) is 4.74 Å². The minimum Gasteiger partial charge on any atom is -0.383 e. The van der Waals surface area contributed by atoms with E-state index in [-0.39, 0.29) is 14.9 Å². The summed E-state index contributed by atoms with van der Waals surface area (Å²) in [5.74, 6) is 0. The van der Waals surface area contributed by atoms with Gasteiger partial charge in [-0.15, -0.1) is 0 Å². The average molecular weight is 246 g/mol. The van der Waals surface area contributed by atoms with Gasteiger partial charge in [0.05, 0.1) is 0 Å². The Bertz CT molecular complexity index is 122. The van der Waals surface area contributed by atoms with E-state index in [0.717, 1.165) is 13.5 Å². The molecule has 0 radical (unpaired) electrons. The molecule has 0 N–H and O–H groups in total. The minimum absolute atomic E-state index is 0. The van der Waals surface area contributed by atoms with Crippen LogP contribution in [0.15, 0.2) is 0 Å². The lowest BCUT2D eigenvalue weighted by molar-refractivity contribution is -0.130. The summed E-state index contributed by atoms with van der Waals surface area (Å²) in [4.78, 5) is 0. The van der Waals surface area contributed by atoms with Gasteiger partial charge >= 0.3 is 6.18 Å². The summed E-state index contributed by atoms with van der Waals surface area (Å²) >= 11 is 0. The van der Waals surface area contributed by atoms with Crippen LogP contribution >= 0.6 is 0 Å². The zero-order valence-electron chi connectivity index (χ0n) is 8.16. The van der Waals surface area contributed by atoms with E-state index in [1.54, 1.807) is 0 Å². The maximum atomic E-state index is 10.8. The highest BCUT2D eigenvalue weighted by Gasteiger charge is 2.22. The standard InChI is InChI=1S/C5H12OSi.C3H5F3.2CH4/c7-5-3-1-2-4-6-5;1-2-3(4,5)6;;/h5H,1-4H2,7H3;2H2,1H3;2*1H4. The van der Waals surface area contributed by atoms with E-state index in [1.165, 1.54) is 29.5 Å². The van der Waals surface area contributed by atoms with E-state index < -0.39 is 12.6 Å². The summed E-state index contributed by atoms with van der Waals surface area (Å²) in [5.41, 5.74) is 0.675. The van der Waals surface area contributed by atoms with Crippen molar-refractivity contribution in [2.45, 2.75) is 59.4 Å². The first-order valence-electron chi connectivity index (χ1n) is 4.64. The first-order valence-corrected chi connectivity index (χ1v) is 5.79. The first-order chi connectivity index (χ1) is 5.95. The van der Waals surface area contributed by atoms with Gasteiger partial charge in [-0.1, -0.05) is 21.8 Å². The van der Waals surface area contributed by atoms with Gasteiger partial charge in [-0.3, -0.25) is 0 Å². The van der Waals surface area contributed by atoms with E-state index in [1.807, 2.05) is 0 Å². The predicted molar refractivity (Wildman–Crippen MR) is 63.3 cm³/mol. The van der Waals surface area contributed by atoms with Gasteiger partial charge in [0.2, 0.25) is 0 Å². The average Bonchev–Trinajstić information content (AvgIpc) is 2.06. The Hall–Kier alpha value is -0.0331. The molecular weight excluding hydrogens is 221 g/mol. The number of halogens is 3. The summed E-state index contributed by atoms with van der Waals surface area (Å²) in [6.07, 6.45) is -0.674. The Morgan fingerprint density at radius 2 is 1.73 bits per heavy atom. The van der Waals surface area contributed by atoms with Crippen LogP contribution in [-0.2, 0) is 4.74 Å². The van der Waals surface area contributed by atoms with Gasteiger partial charge in [0.25, 0.3) is 0 Å². The van der Waals surface area contributed by atoms with Gasteiger partial charge in [-0.25, -0.2) is 0 Å². The number of rotatable bonds is 0. The Labute approximate surface area is 94.8 Å². The van der Waals surface area contributed by atoms with Gasteiger partial charge in [0, 0.05) is 29.0 Å². The highest BCUT2D eigenvalue weighted by Crippen LogP contribution is 2.17.